The lowest BCUT2D eigenvalue weighted by molar-refractivity contribution is -0.00400. The smallest absolute Gasteiger partial charge is 0.151 e. The Morgan fingerprint density at radius 2 is 2.14 bits per heavy atom. The zero-order chi connectivity index (χ0) is 11.0. The number of nitrogens with zero attached hydrogens (tertiary/aromatic N) is 1. The Labute approximate surface area is 86.7 Å². The number of nitriles is 1. The van der Waals surface area contributed by atoms with Crippen molar-refractivity contribution < 1.29 is 9.84 Å². The molecule has 0 aromatic carbocycles. The normalized spacial score (nSPS) is 15.1. The van der Waals surface area contributed by atoms with Crippen molar-refractivity contribution in [2.45, 2.75) is 45.6 Å². The molecule has 0 bridgehead atoms. The van der Waals surface area contributed by atoms with Crippen molar-refractivity contribution in [3.63, 3.8) is 0 Å². The minimum atomic E-state index is -0.681. The van der Waals surface area contributed by atoms with Crippen LogP contribution in [0, 0.1) is 17.2 Å². The molecule has 14 heavy (non-hydrogen) atoms. The summed E-state index contributed by atoms with van der Waals surface area (Å²) in [5, 5.41) is 17.6. The summed E-state index contributed by atoms with van der Waals surface area (Å²) in [6.45, 7) is 6.65. The lowest BCUT2D eigenvalue weighted by Gasteiger charge is -2.22. The van der Waals surface area contributed by atoms with E-state index < -0.39 is 5.60 Å². The summed E-state index contributed by atoms with van der Waals surface area (Å²) in [5.74, 6) is 0.587. The molecule has 0 rings (SSSR count). The molecule has 0 aromatic heterocycles. The molecular formula is C11H21NO2. The fourth-order valence-corrected chi connectivity index (χ4v) is 1.09. The van der Waals surface area contributed by atoms with Crippen LogP contribution in [0.1, 0.15) is 40.0 Å². The van der Waals surface area contributed by atoms with Crippen LogP contribution in [0.25, 0.3) is 0 Å². The summed E-state index contributed by atoms with van der Waals surface area (Å²) in [5.41, 5.74) is -0.681. The van der Waals surface area contributed by atoms with Gasteiger partial charge in [-0.05, 0) is 32.1 Å². The topological polar surface area (TPSA) is 53.2 Å². The van der Waals surface area contributed by atoms with E-state index in [-0.39, 0.29) is 6.61 Å². The van der Waals surface area contributed by atoms with E-state index in [0.717, 1.165) is 12.8 Å². The van der Waals surface area contributed by atoms with Crippen LogP contribution in [-0.4, -0.2) is 23.9 Å². The first-order valence-electron chi connectivity index (χ1n) is 5.20. The molecule has 1 N–H and O–H groups in total. The van der Waals surface area contributed by atoms with Crippen molar-refractivity contribution >= 4 is 0 Å². The summed E-state index contributed by atoms with van der Waals surface area (Å²) in [6.07, 6.45) is 2.34. The van der Waals surface area contributed by atoms with Crippen molar-refractivity contribution in [1.29, 1.82) is 5.26 Å². The van der Waals surface area contributed by atoms with E-state index in [1.54, 1.807) is 0 Å². The second-order valence-corrected chi connectivity index (χ2v) is 4.20. The highest BCUT2D eigenvalue weighted by atomic mass is 16.5. The predicted molar refractivity (Wildman–Crippen MR) is 55.7 cm³/mol. The molecule has 82 valence electrons. The molecule has 0 aromatic rings. The zero-order valence-corrected chi connectivity index (χ0v) is 9.42. The SMILES string of the molecule is CC(C)CCC(C)(C#N)OCCCO. The molecule has 3 nitrogen and oxygen atoms in total. The Kier molecular flexibility index (Phi) is 6.52. The molecule has 1 unspecified atom stereocenters. The largest absolute Gasteiger partial charge is 0.396 e. The van der Waals surface area contributed by atoms with E-state index in [1.165, 1.54) is 0 Å². The number of hydrogen-bond acceptors (Lipinski definition) is 3. The van der Waals surface area contributed by atoms with Gasteiger partial charge in [-0.25, -0.2) is 0 Å². The van der Waals surface area contributed by atoms with Crippen LogP contribution in [0.15, 0.2) is 0 Å². The molecule has 3 heteroatoms. The Morgan fingerprint density at radius 3 is 2.57 bits per heavy atom. The van der Waals surface area contributed by atoms with E-state index in [2.05, 4.69) is 19.9 Å². The zero-order valence-electron chi connectivity index (χ0n) is 9.42. The van der Waals surface area contributed by atoms with Crippen molar-refractivity contribution in [2.24, 2.45) is 5.92 Å². The monoisotopic (exact) mass is 199 g/mol. The molecular weight excluding hydrogens is 178 g/mol. The van der Waals surface area contributed by atoms with Crippen LogP contribution in [0.5, 0.6) is 0 Å². The Hall–Kier alpha value is -0.590. The van der Waals surface area contributed by atoms with Crippen molar-refractivity contribution in [2.75, 3.05) is 13.2 Å². The number of hydrogen-bond donors (Lipinski definition) is 1. The number of ether oxygens (including phenoxy) is 1. The first-order valence-corrected chi connectivity index (χ1v) is 5.20. The lowest BCUT2D eigenvalue weighted by atomic mass is 9.96. The van der Waals surface area contributed by atoms with Crippen LogP contribution >= 0.6 is 0 Å². The summed E-state index contributed by atoms with van der Waals surface area (Å²) in [4.78, 5) is 0. The van der Waals surface area contributed by atoms with E-state index >= 15 is 0 Å². The van der Waals surface area contributed by atoms with Gasteiger partial charge in [-0.15, -0.1) is 0 Å². The summed E-state index contributed by atoms with van der Waals surface area (Å²) in [6, 6.07) is 2.19. The second-order valence-electron chi connectivity index (χ2n) is 4.20. The van der Waals surface area contributed by atoms with E-state index in [0.29, 0.717) is 18.9 Å². The van der Waals surface area contributed by atoms with Gasteiger partial charge in [-0.3, -0.25) is 0 Å². The Bertz CT molecular complexity index is 186. The highest BCUT2D eigenvalue weighted by molar-refractivity contribution is 4.98. The molecule has 0 fully saturated rings. The van der Waals surface area contributed by atoms with Gasteiger partial charge >= 0.3 is 0 Å². The third-order valence-corrected chi connectivity index (χ3v) is 2.16. The van der Waals surface area contributed by atoms with Crippen molar-refractivity contribution in [1.82, 2.24) is 0 Å². The van der Waals surface area contributed by atoms with Crippen LogP contribution in [0.3, 0.4) is 0 Å². The van der Waals surface area contributed by atoms with Crippen molar-refractivity contribution in [3.05, 3.63) is 0 Å². The fourth-order valence-electron chi connectivity index (χ4n) is 1.09. The molecule has 0 aliphatic heterocycles. The van der Waals surface area contributed by atoms with Crippen LogP contribution < -0.4 is 0 Å². The number of aliphatic hydroxyl groups is 1. The van der Waals surface area contributed by atoms with Gasteiger partial charge in [-0.1, -0.05) is 13.8 Å². The molecule has 0 saturated carbocycles. The van der Waals surface area contributed by atoms with Gasteiger partial charge in [0.2, 0.25) is 0 Å². The minimum absolute atomic E-state index is 0.117. The summed E-state index contributed by atoms with van der Waals surface area (Å²) >= 11 is 0. The quantitative estimate of drug-likeness (QED) is 0.639. The van der Waals surface area contributed by atoms with Crippen LogP contribution in [-0.2, 0) is 4.74 Å². The predicted octanol–water partition coefficient (Wildman–Crippen LogP) is 2.10. The molecule has 0 amide bonds. The van der Waals surface area contributed by atoms with E-state index in [1.807, 2.05) is 6.92 Å². The maximum absolute atomic E-state index is 8.96. The van der Waals surface area contributed by atoms with Crippen LogP contribution in [0.4, 0.5) is 0 Å². The molecule has 0 aliphatic rings. The van der Waals surface area contributed by atoms with Gasteiger partial charge in [0.05, 0.1) is 12.7 Å². The minimum Gasteiger partial charge on any atom is -0.396 e. The average molecular weight is 199 g/mol. The van der Waals surface area contributed by atoms with Gasteiger partial charge in [-0.2, -0.15) is 5.26 Å². The van der Waals surface area contributed by atoms with Crippen LogP contribution in [0.2, 0.25) is 0 Å². The van der Waals surface area contributed by atoms with Gasteiger partial charge in [0.25, 0.3) is 0 Å². The fraction of sp³-hybridized carbons (Fsp3) is 0.909. The highest BCUT2D eigenvalue weighted by Crippen LogP contribution is 2.20. The first kappa shape index (κ1) is 13.4. The molecule has 0 saturated heterocycles. The maximum Gasteiger partial charge on any atom is 0.151 e. The lowest BCUT2D eigenvalue weighted by Crippen LogP contribution is -2.28. The third kappa shape index (κ3) is 5.95. The van der Waals surface area contributed by atoms with Crippen molar-refractivity contribution in [3.8, 4) is 6.07 Å². The number of aliphatic hydroxyl groups excluding tert-OH is 1. The average Bonchev–Trinajstić information content (AvgIpc) is 2.15. The van der Waals surface area contributed by atoms with Gasteiger partial charge in [0.15, 0.2) is 5.60 Å². The van der Waals surface area contributed by atoms with E-state index in [4.69, 9.17) is 15.1 Å². The van der Waals surface area contributed by atoms with E-state index in [9.17, 15) is 0 Å². The maximum atomic E-state index is 8.96. The number of rotatable bonds is 7. The van der Waals surface area contributed by atoms with Gasteiger partial charge in [0, 0.05) is 6.61 Å². The Morgan fingerprint density at radius 1 is 1.50 bits per heavy atom. The molecule has 0 heterocycles. The summed E-state index contributed by atoms with van der Waals surface area (Å²) < 4.78 is 5.45. The molecule has 0 aliphatic carbocycles. The third-order valence-electron chi connectivity index (χ3n) is 2.16. The molecule has 0 spiro atoms. The standard InChI is InChI=1S/C11H21NO2/c1-10(2)5-6-11(3,9-12)14-8-4-7-13/h10,13H,4-8H2,1-3H3. The molecule has 1 atom stereocenters. The first-order chi connectivity index (χ1) is 6.54. The summed E-state index contributed by atoms with van der Waals surface area (Å²) in [7, 11) is 0. The Balaban J connectivity index is 3.87. The molecule has 0 radical (unpaired) electrons. The van der Waals surface area contributed by atoms with Gasteiger partial charge < -0.3 is 9.84 Å². The van der Waals surface area contributed by atoms with Gasteiger partial charge in [0.1, 0.15) is 0 Å². The second kappa shape index (κ2) is 6.80. The highest BCUT2D eigenvalue weighted by Gasteiger charge is 2.24.